The van der Waals surface area contributed by atoms with Crippen LogP contribution in [0.5, 0.6) is 0 Å². The van der Waals surface area contributed by atoms with Crippen molar-refractivity contribution in [1.29, 1.82) is 0 Å². The van der Waals surface area contributed by atoms with Gasteiger partial charge in [-0.3, -0.25) is 9.36 Å². The molecule has 1 saturated heterocycles. The van der Waals surface area contributed by atoms with Crippen LogP contribution in [0.15, 0.2) is 30.3 Å². The van der Waals surface area contributed by atoms with Gasteiger partial charge >= 0.3 is 0 Å². The molecule has 11 heteroatoms. The van der Waals surface area contributed by atoms with E-state index in [0.29, 0.717) is 61.6 Å². The van der Waals surface area contributed by atoms with Crippen molar-refractivity contribution in [3.8, 4) is 5.82 Å². The van der Waals surface area contributed by atoms with E-state index in [1.54, 1.807) is 18.2 Å². The summed E-state index contributed by atoms with van der Waals surface area (Å²) in [6.45, 7) is 2.89. The van der Waals surface area contributed by atoms with Crippen LogP contribution in [0.4, 0.5) is 14.7 Å². The molecule has 9 nitrogen and oxygen atoms in total. The van der Waals surface area contributed by atoms with Crippen molar-refractivity contribution < 1.29 is 18.3 Å². The predicted octanol–water partition coefficient (Wildman–Crippen LogP) is 4.15. The van der Waals surface area contributed by atoms with Gasteiger partial charge in [-0.05, 0) is 70.7 Å². The van der Waals surface area contributed by atoms with Crippen LogP contribution in [0.1, 0.15) is 56.5 Å². The van der Waals surface area contributed by atoms with E-state index in [0.717, 1.165) is 50.6 Å². The Balaban J connectivity index is 1.29. The third kappa shape index (κ3) is 6.93. The van der Waals surface area contributed by atoms with E-state index >= 15 is 0 Å². The quantitative estimate of drug-likeness (QED) is 0.402. The van der Waals surface area contributed by atoms with Crippen molar-refractivity contribution in [2.24, 2.45) is 5.92 Å². The molecule has 2 aromatic heterocycles. The van der Waals surface area contributed by atoms with Crippen LogP contribution < -0.4 is 10.2 Å². The summed E-state index contributed by atoms with van der Waals surface area (Å²) in [5, 5.41) is 3.16. The highest BCUT2D eigenvalue weighted by Gasteiger charge is 2.25. The van der Waals surface area contributed by atoms with Gasteiger partial charge in [-0.2, -0.15) is 4.98 Å². The van der Waals surface area contributed by atoms with E-state index in [4.69, 9.17) is 14.7 Å². The van der Waals surface area contributed by atoms with Gasteiger partial charge in [0.15, 0.2) is 5.82 Å². The third-order valence-corrected chi connectivity index (χ3v) is 7.78. The molecule has 0 unspecified atom stereocenters. The molecule has 1 aliphatic carbocycles. The van der Waals surface area contributed by atoms with Gasteiger partial charge in [-0.25, -0.2) is 18.7 Å². The minimum absolute atomic E-state index is 0.0877. The number of carbonyl (C=O) groups excluding carboxylic acids is 1. The maximum Gasteiger partial charge on any atom is 0.296 e. The number of rotatable bonds is 10. The van der Waals surface area contributed by atoms with Gasteiger partial charge in [0, 0.05) is 30.9 Å². The fourth-order valence-corrected chi connectivity index (χ4v) is 5.78. The van der Waals surface area contributed by atoms with E-state index in [9.17, 15) is 13.6 Å². The lowest BCUT2D eigenvalue weighted by Crippen LogP contribution is -2.41. The summed E-state index contributed by atoms with van der Waals surface area (Å²) in [6.07, 6.45) is 4.23. The number of hydrogen-bond donors (Lipinski definition) is 1. The number of amides is 1. The fraction of sp³-hybridized carbons (Fsp3) is 0.586. The van der Waals surface area contributed by atoms with Crippen molar-refractivity contribution in [3.05, 3.63) is 41.9 Å². The van der Waals surface area contributed by atoms with E-state index < -0.39 is 6.43 Å². The molecule has 2 aliphatic rings. The number of benzene rings is 1. The number of nitrogens with zero attached hydrogens (tertiary/aromatic N) is 6. The molecule has 3 heterocycles. The fourth-order valence-electron chi connectivity index (χ4n) is 5.78. The van der Waals surface area contributed by atoms with Gasteiger partial charge in [-0.15, -0.1) is 0 Å². The molecule has 1 amide bonds. The molecule has 0 bridgehead atoms. The highest BCUT2D eigenvalue weighted by Crippen LogP contribution is 2.30. The normalized spacial score (nSPS) is 20.0. The van der Waals surface area contributed by atoms with E-state index in [-0.39, 0.29) is 17.8 Å². The van der Waals surface area contributed by atoms with Gasteiger partial charge in [0.1, 0.15) is 5.82 Å². The number of alkyl halides is 2. The lowest BCUT2D eigenvalue weighted by atomic mass is 9.83. The standard InChI is InChI=1S/C29H39F2N7O2/c1-36(2)19-26(39)32-21-12-10-20(11-13-21)6-5-7-22-18-25(35-29(33-22)37-14-16-40-17-15-37)38-24-9-4-3-8-23(24)34-28(38)27(30)31/h3-4,8-9,18,20-21,27H,5-7,10-17,19H2,1-2H3,(H,32,39). The zero-order valence-electron chi connectivity index (χ0n) is 23.4. The molecule has 0 radical (unpaired) electrons. The molecule has 1 aromatic carbocycles. The zero-order chi connectivity index (χ0) is 28.1. The average Bonchev–Trinajstić information content (AvgIpc) is 3.34. The van der Waals surface area contributed by atoms with Crippen LogP contribution in [0.2, 0.25) is 0 Å². The third-order valence-electron chi connectivity index (χ3n) is 7.78. The molecule has 5 rings (SSSR count). The number of imidazole rings is 1. The van der Waals surface area contributed by atoms with E-state index in [2.05, 4.69) is 15.2 Å². The summed E-state index contributed by atoms with van der Waals surface area (Å²) in [5.74, 6) is 1.36. The Labute approximate surface area is 233 Å². The Morgan fingerprint density at radius 3 is 2.58 bits per heavy atom. The lowest BCUT2D eigenvalue weighted by molar-refractivity contribution is -0.122. The van der Waals surface area contributed by atoms with Gasteiger partial charge in [0.2, 0.25) is 11.9 Å². The molecule has 40 heavy (non-hydrogen) atoms. The van der Waals surface area contributed by atoms with E-state index in [1.165, 1.54) is 4.57 Å². The first-order valence-electron chi connectivity index (χ1n) is 14.3. The largest absolute Gasteiger partial charge is 0.378 e. The number of anilines is 1. The summed E-state index contributed by atoms with van der Waals surface area (Å²) in [7, 11) is 3.80. The van der Waals surface area contributed by atoms with Crippen LogP contribution in [-0.4, -0.2) is 83.3 Å². The highest BCUT2D eigenvalue weighted by molar-refractivity contribution is 5.78. The monoisotopic (exact) mass is 555 g/mol. The predicted molar refractivity (Wildman–Crippen MR) is 150 cm³/mol. The molecule has 1 N–H and O–H groups in total. The number of nitrogens with one attached hydrogen (secondary N) is 1. The van der Waals surface area contributed by atoms with Crippen molar-refractivity contribution >= 4 is 22.9 Å². The first-order chi connectivity index (χ1) is 19.4. The number of aromatic nitrogens is 4. The second kappa shape index (κ2) is 13.0. The van der Waals surface area contributed by atoms with Crippen LogP contribution in [-0.2, 0) is 16.0 Å². The Bertz CT molecular complexity index is 1280. The smallest absolute Gasteiger partial charge is 0.296 e. The number of hydrogen-bond acceptors (Lipinski definition) is 7. The average molecular weight is 556 g/mol. The van der Waals surface area contributed by atoms with Crippen LogP contribution in [0.3, 0.4) is 0 Å². The maximum atomic E-state index is 14.1. The van der Waals surface area contributed by atoms with Crippen molar-refractivity contribution in [1.82, 2.24) is 29.7 Å². The van der Waals surface area contributed by atoms with Gasteiger partial charge in [0.05, 0.1) is 30.8 Å². The minimum Gasteiger partial charge on any atom is -0.378 e. The summed E-state index contributed by atoms with van der Waals surface area (Å²) >= 11 is 0. The molecule has 0 spiro atoms. The topological polar surface area (TPSA) is 88.4 Å². The Morgan fingerprint density at radius 1 is 1.10 bits per heavy atom. The first-order valence-corrected chi connectivity index (χ1v) is 14.3. The number of aryl methyl sites for hydroxylation is 1. The Morgan fingerprint density at radius 2 is 1.85 bits per heavy atom. The summed E-state index contributed by atoms with van der Waals surface area (Å²) in [6, 6.07) is 9.25. The molecular weight excluding hydrogens is 516 g/mol. The lowest BCUT2D eigenvalue weighted by Gasteiger charge is -2.29. The van der Waals surface area contributed by atoms with Crippen molar-refractivity contribution in [2.75, 3.05) is 51.8 Å². The molecular formula is C29H39F2N7O2. The number of halogens is 2. The van der Waals surface area contributed by atoms with Gasteiger partial charge in [0.25, 0.3) is 6.43 Å². The SMILES string of the molecule is CN(C)CC(=O)NC1CCC(CCCc2cc(-n3c(C(F)F)nc4ccccc43)nc(N3CCOCC3)n2)CC1. The van der Waals surface area contributed by atoms with Crippen LogP contribution >= 0.6 is 0 Å². The zero-order valence-corrected chi connectivity index (χ0v) is 23.4. The van der Waals surface area contributed by atoms with Gasteiger partial charge in [-0.1, -0.05) is 18.6 Å². The van der Waals surface area contributed by atoms with Gasteiger partial charge < -0.3 is 19.9 Å². The number of fused-ring (bicyclic) bond motifs is 1. The van der Waals surface area contributed by atoms with Crippen molar-refractivity contribution in [3.63, 3.8) is 0 Å². The number of likely N-dealkylation sites (N-methyl/N-ethyl adjacent to an activating group) is 1. The van der Waals surface area contributed by atoms with Crippen molar-refractivity contribution in [2.45, 2.75) is 57.4 Å². The number of carbonyl (C=O) groups is 1. The summed E-state index contributed by atoms with van der Waals surface area (Å²) in [4.78, 5) is 29.9. The summed E-state index contributed by atoms with van der Waals surface area (Å²) < 4.78 is 35.2. The molecule has 2 fully saturated rings. The second-order valence-electron chi connectivity index (χ2n) is 11.1. The Hall–Kier alpha value is -3.18. The molecule has 216 valence electrons. The first kappa shape index (κ1) is 28.4. The molecule has 3 aromatic rings. The summed E-state index contributed by atoms with van der Waals surface area (Å²) in [5.41, 5.74) is 1.96. The molecule has 1 aliphatic heterocycles. The maximum absolute atomic E-state index is 14.1. The highest BCUT2D eigenvalue weighted by atomic mass is 19.3. The van der Waals surface area contributed by atoms with Crippen LogP contribution in [0.25, 0.3) is 16.9 Å². The number of ether oxygens (including phenoxy) is 1. The number of morpholine rings is 1. The Kier molecular flexibility index (Phi) is 9.21. The molecule has 0 atom stereocenters. The number of para-hydroxylation sites is 2. The minimum atomic E-state index is -2.74. The van der Waals surface area contributed by atoms with E-state index in [1.807, 2.05) is 31.1 Å². The molecule has 1 saturated carbocycles. The second-order valence-corrected chi connectivity index (χ2v) is 11.1. The van der Waals surface area contributed by atoms with Crippen LogP contribution in [0, 0.1) is 5.92 Å².